The molecule has 1 amide bonds. The van der Waals surface area contributed by atoms with Crippen molar-refractivity contribution in [2.75, 3.05) is 24.7 Å². The van der Waals surface area contributed by atoms with Gasteiger partial charge in [-0.1, -0.05) is 18.2 Å². The Hall–Kier alpha value is -1.46. The van der Waals surface area contributed by atoms with Gasteiger partial charge in [0, 0.05) is 42.0 Å². The molecule has 1 N–H and O–H groups in total. The van der Waals surface area contributed by atoms with Crippen LogP contribution in [0, 0.1) is 0 Å². The molecule has 2 aliphatic heterocycles. The van der Waals surface area contributed by atoms with E-state index in [2.05, 4.69) is 22.0 Å². The molecule has 1 aromatic heterocycles. The molecule has 0 spiro atoms. The van der Waals surface area contributed by atoms with Crippen molar-refractivity contribution < 1.29 is 9.53 Å². The highest BCUT2D eigenvalue weighted by molar-refractivity contribution is 7.99. The molecule has 2 saturated heterocycles. The number of rotatable bonds is 5. The van der Waals surface area contributed by atoms with Crippen LogP contribution < -0.4 is 0 Å². The van der Waals surface area contributed by atoms with Gasteiger partial charge in [-0.2, -0.15) is 11.8 Å². The second-order valence-electron chi connectivity index (χ2n) is 6.73. The van der Waals surface area contributed by atoms with Gasteiger partial charge in [-0.15, -0.1) is 0 Å². The van der Waals surface area contributed by atoms with Crippen LogP contribution >= 0.6 is 11.8 Å². The molecule has 2 fully saturated rings. The lowest BCUT2D eigenvalue weighted by atomic mass is 10.1. The number of benzene rings is 1. The first-order valence-electron chi connectivity index (χ1n) is 8.85. The van der Waals surface area contributed by atoms with Crippen molar-refractivity contribution in [1.29, 1.82) is 0 Å². The Morgan fingerprint density at radius 2 is 2.25 bits per heavy atom. The summed E-state index contributed by atoms with van der Waals surface area (Å²) in [6, 6.07) is 8.56. The number of aromatic amines is 1. The minimum Gasteiger partial charge on any atom is -0.376 e. The Bertz CT molecular complexity index is 702. The first kappa shape index (κ1) is 16.0. The minimum atomic E-state index is 0.225. The lowest BCUT2D eigenvalue weighted by molar-refractivity contribution is -0.134. The van der Waals surface area contributed by atoms with Crippen molar-refractivity contribution in [3.8, 4) is 0 Å². The summed E-state index contributed by atoms with van der Waals surface area (Å²) in [4.78, 5) is 18.5. The van der Waals surface area contributed by atoms with Crippen LogP contribution in [0.1, 0.15) is 24.8 Å². The third-order valence-corrected chi connectivity index (χ3v) is 6.25. The zero-order valence-corrected chi connectivity index (χ0v) is 14.7. The molecule has 2 aromatic rings. The number of amides is 1. The average molecular weight is 344 g/mol. The largest absolute Gasteiger partial charge is 0.376 e. The molecule has 2 atom stereocenters. The number of hydrogen-bond donors (Lipinski definition) is 1. The molecule has 0 saturated carbocycles. The zero-order valence-electron chi connectivity index (χ0n) is 13.9. The third kappa shape index (κ3) is 3.33. The summed E-state index contributed by atoms with van der Waals surface area (Å²) in [5.41, 5.74) is 2.20. The molecule has 4 rings (SSSR count). The lowest BCUT2D eigenvalue weighted by Crippen LogP contribution is -2.45. The normalized spacial score (nSPS) is 23.8. The van der Waals surface area contributed by atoms with Gasteiger partial charge in [-0.3, -0.25) is 4.79 Å². The van der Waals surface area contributed by atoms with Gasteiger partial charge in [-0.05, 0) is 36.6 Å². The second-order valence-corrected chi connectivity index (χ2v) is 7.88. The molecule has 3 heterocycles. The number of carbonyl (C=O) groups excluding carboxylic acids is 1. The van der Waals surface area contributed by atoms with Gasteiger partial charge in [0.05, 0.1) is 12.5 Å². The smallest absolute Gasteiger partial charge is 0.227 e. The Morgan fingerprint density at radius 1 is 1.33 bits per heavy atom. The molecule has 4 nitrogen and oxygen atoms in total. The number of para-hydroxylation sites is 1. The van der Waals surface area contributed by atoms with Crippen molar-refractivity contribution in [3.63, 3.8) is 0 Å². The number of aromatic nitrogens is 1. The van der Waals surface area contributed by atoms with E-state index in [0.29, 0.717) is 12.5 Å². The summed E-state index contributed by atoms with van der Waals surface area (Å²) in [5.74, 6) is 2.46. The predicted octanol–water partition coefficient (Wildman–Crippen LogP) is 3.22. The molecular formula is C19H24N2O2S. The Balaban J connectivity index is 1.51. The van der Waals surface area contributed by atoms with Crippen molar-refractivity contribution in [3.05, 3.63) is 36.0 Å². The van der Waals surface area contributed by atoms with Crippen molar-refractivity contribution in [1.82, 2.24) is 9.88 Å². The van der Waals surface area contributed by atoms with E-state index in [9.17, 15) is 4.79 Å². The summed E-state index contributed by atoms with van der Waals surface area (Å²) in [7, 11) is 0. The Morgan fingerprint density at radius 3 is 3.04 bits per heavy atom. The van der Waals surface area contributed by atoms with Crippen LogP contribution in [0.4, 0.5) is 0 Å². The summed E-state index contributed by atoms with van der Waals surface area (Å²) in [6.45, 7) is 1.60. The SMILES string of the molecule is O=C(Cc1c[nH]c2ccccc12)N(CC1CCCO1)C1CCSC1. The second kappa shape index (κ2) is 7.19. The first-order chi connectivity index (χ1) is 11.8. The first-order valence-corrected chi connectivity index (χ1v) is 10.0. The van der Waals surface area contributed by atoms with E-state index >= 15 is 0 Å². The van der Waals surface area contributed by atoms with E-state index < -0.39 is 0 Å². The number of hydrogen-bond acceptors (Lipinski definition) is 3. The van der Waals surface area contributed by atoms with E-state index in [0.717, 1.165) is 60.4 Å². The van der Waals surface area contributed by atoms with E-state index in [1.165, 1.54) is 0 Å². The monoisotopic (exact) mass is 344 g/mol. The van der Waals surface area contributed by atoms with Crippen molar-refractivity contribution in [2.45, 2.75) is 37.8 Å². The Labute approximate surface area is 146 Å². The molecule has 128 valence electrons. The van der Waals surface area contributed by atoms with Gasteiger partial charge in [-0.25, -0.2) is 0 Å². The maximum atomic E-state index is 13.1. The van der Waals surface area contributed by atoms with Crippen LogP contribution in [0.25, 0.3) is 10.9 Å². The molecule has 1 aromatic carbocycles. The highest BCUT2D eigenvalue weighted by Gasteiger charge is 2.30. The Kier molecular flexibility index (Phi) is 4.81. The molecule has 24 heavy (non-hydrogen) atoms. The number of nitrogens with zero attached hydrogens (tertiary/aromatic N) is 1. The van der Waals surface area contributed by atoms with Gasteiger partial charge in [0.1, 0.15) is 0 Å². The number of thioether (sulfide) groups is 1. The van der Waals surface area contributed by atoms with Gasteiger partial charge in [0.2, 0.25) is 5.91 Å². The number of carbonyl (C=O) groups is 1. The van der Waals surface area contributed by atoms with Crippen LogP contribution in [0.2, 0.25) is 0 Å². The summed E-state index contributed by atoms with van der Waals surface area (Å²) >= 11 is 1.96. The number of fused-ring (bicyclic) bond motifs is 1. The third-order valence-electron chi connectivity index (χ3n) is 5.11. The molecule has 0 bridgehead atoms. The quantitative estimate of drug-likeness (QED) is 0.906. The van der Waals surface area contributed by atoms with Crippen molar-refractivity contribution >= 4 is 28.6 Å². The maximum Gasteiger partial charge on any atom is 0.227 e. The van der Waals surface area contributed by atoms with Crippen LogP contribution in [-0.2, 0) is 16.0 Å². The van der Waals surface area contributed by atoms with E-state index in [4.69, 9.17) is 4.74 Å². The topological polar surface area (TPSA) is 45.3 Å². The molecule has 2 unspecified atom stereocenters. The van der Waals surface area contributed by atoms with Crippen LogP contribution in [0.3, 0.4) is 0 Å². The maximum absolute atomic E-state index is 13.1. The predicted molar refractivity (Wildman–Crippen MR) is 98.4 cm³/mol. The van der Waals surface area contributed by atoms with Gasteiger partial charge in [0.15, 0.2) is 0 Å². The number of H-pyrrole nitrogens is 1. The van der Waals surface area contributed by atoms with Crippen LogP contribution in [0.5, 0.6) is 0 Å². The summed E-state index contributed by atoms with van der Waals surface area (Å²) < 4.78 is 5.79. The number of ether oxygens (including phenoxy) is 1. The minimum absolute atomic E-state index is 0.225. The highest BCUT2D eigenvalue weighted by atomic mass is 32.2. The van der Waals surface area contributed by atoms with Gasteiger partial charge < -0.3 is 14.6 Å². The summed E-state index contributed by atoms with van der Waals surface area (Å²) in [5, 5.41) is 1.16. The van der Waals surface area contributed by atoms with Gasteiger partial charge in [0.25, 0.3) is 0 Å². The van der Waals surface area contributed by atoms with Gasteiger partial charge >= 0.3 is 0 Å². The van der Waals surface area contributed by atoms with Crippen molar-refractivity contribution in [2.24, 2.45) is 0 Å². The molecule has 5 heteroatoms. The van der Waals surface area contributed by atoms with E-state index in [1.54, 1.807) is 0 Å². The molecule has 0 radical (unpaired) electrons. The summed E-state index contributed by atoms with van der Waals surface area (Å²) in [6.07, 6.45) is 5.98. The van der Waals surface area contributed by atoms with E-state index in [1.807, 2.05) is 30.1 Å². The zero-order chi connectivity index (χ0) is 16.4. The average Bonchev–Trinajstić information content (AvgIpc) is 3.35. The molecular weight excluding hydrogens is 320 g/mol. The van der Waals surface area contributed by atoms with Crippen LogP contribution in [0.15, 0.2) is 30.5 Å². The molecule has 0 aliphatic carbocycles. The fourth-order valence-corrected chi connectivity index (χ4v) is 5.00. The number of nitrogens with one attached hydrogen (secondary N) is 1. The standard InChI is InChI=1S/C19H24N2O2S/c22-19(10-14-11-20-18-6-2-1-5-17(14)18)21(15-7-9-24-13-15)12-16-4-3-8-23-16/h1-2,5-6,11,15-16,20H,3-4,7-10,12-13H2. The van der Waals surface area contributed by atoms with Crippen LogP contribution in [-0.4, -0.2) is 52.6 Å². The fourth-order valence-electron chi connectivity index (χ4n) is 3.77. The van der Waals surface area contributed by atoms with E-state index in [-0.39, 0.29) is 12.0 Å². The fraction of sp³-hybridized carbons (Fsp3) is 0.526. The highest BCUT2D eigenvalue weighted by Crippen LogP contribution is 2.26. The molecule has 2 aliphatic rings. The lowest BCUT2D eigenvalue weighted by Gasteiger charge is -2.31.